The van der Waals surface area contributed by atoms with Gasteiger partial charge in [-0.3, -0.25) is 4.79 Å². The Bertz CT molecular complexity index is 901. The van der Waals surface area contributed by atoms with Crippen LogP contribution in [-0.4, -0.2) is 27.4 Å². The summed E-state index contributed by atoms with van der Waals surface area (Å²) in [5.74, 6) is -0.0539. The molecule has 6 heteroatoms. The summed E-state index contributed by atoms with van der Waals surface area (Å²) in [5, 5.41) is 6.12. The molecular weight excluding hydrogens is 334 g/mol. The maximum Gasteiger partial charge on any atom is 0.255 e. The third-order valence-corrected chi connectivity index (χ3v) is 5.44. The zero-order valence-electron chi connectivity index (χ0n) is 14.4. The molecule has 0 aliphatic heterocycles. The zero-order valence-corrected chi connectivity index (χ0v) is 15.2. The Morgan fingerprint density at radius 1 is 1.36 bits per heavy atom. The molecule has 5 nitrogen and oxygen atoms in total. The molecule has 3 aromatic rings. The highest BCUT2D eigenvalue weighted by Gasteiger charge is 2.28. The number of nitrogens with one attached hydrogen (secondary N) is 1. The van der Waals surface area contributed by atoms with E-state index in [4.69, 9.17) is 4.74 Å². The Balaban J connectivity index is 1.44. The molecule has 1 saturated carbocycles. The first-order chi connectivity index (χ1) is 12.1. The molecular formula is C19H21N3O2S. The van der Waals surface area contributed by atoms with Gasteiger partial charge in [0.2, 0.25) is 0 Å². The van der Waals surface area contributed by atoms with Crippen LogP contribution in [0.2, 0.25) is 0 Å². The Morgan fingerprint density at radius 3 is 3.04 bits per heavy atom. The lowest BCUT2D eigenvalue weighted by Crippen LogP contribution is -2.33. The molecule has 3 aromatic heterocycles. The molecule has 130 valence electrons. The topological polar surface area (TPSA) is 55.6 Å². The molecule has 1 N–H and O–H groups in total. The number of fused-ring (bicyclic) bond motifs is 1. The minimum absolute atomic E-state index is 0.0539. The number of nitrogens with zero attached hydrogens (tertiary/aromatic N) is 2. The van der Waals surface area contributed by atoms with Gasteiger partial charge in [-0.1, -0.05) is 0 Å². The van der Waals surface area contributed by atoms with E-state index in [1.165, 1.54) is 0 Å². The van der Waals surface area contributed by atoms with Gasteiger partial charge in [-0.15, -0.1) is 11.3 Å². The maximum absolute atomic E-state index is 12.7. The molecule has 2 unspecified atom stereocenters. The number of thiophene rings is 1. The highest BCUT2D eigenvalue weighted by molar-refractivity contribution is 7.11. The lowest BCUT2D eigenvalue weighted by molar-refractivity contribution is 0.0937. The summed E-state index contributed by atoms with van der Waals surface area (Å²) in [7, 11) is 0. The van der Waals surface area contributed by atoms with Crippen LogP contribution in [0.25, 0.3) is 5.65 Å². The zero-order chi connectivity index (χ0) is 17.4. The van der Waals surface area contributed by atoms with Crippen LogP contribution in [0.15, 0.2) is 35.8 Å². The molecule has 0 aromatic carbocycles. The molecule has 4 rings (SSSR count). The number of hydrogen-bond acceptors (Lipinski definition) is 4. The van der Waals surface area contributed by atoms with E-state index < -0.39 is 0 Å². The van der Waals surface area contributed by atoms with Crippen molar-refractivity contribution in [1.29, 1.82) is 0 Å². The number of carbonyl (C=O) groups excluding carboxylic acids is 1. The molecule has 0 radical (unpaired) electrons. The Hall–Kier alpha value is -2.34. The second-order valence-corrected chi connectivity index (χ2v) is 7.53. The summed E-state index contributed by atoms with van der Waals surface area (Å²) < 4.78 is 7.93. The summed E-state index contributed by atoms with van der Waals surface area (Å²) >= 11 is 1.61. The van der Waals surface area contributed by atoms with Crippen molar-refractivity contribution in [2.24, 2.45) is 0 Å². The number of carbonyl (C=O) groups is 1. The molecule has 25 heavy (non-hydrogen) atoms. The minimum atomic E-state index is -0.0539. The van der Waals surface area contributed by atoms with E-state index in [2.05, 4.69) is 10.3 Å². The normalized spacial score (nSPS) is 20.1. The summed E-state index contributed by atoms with van der Waals surface area (Å²) in [4.78, 5) is 17.3. The fourth-order valence-corrected chi connectivity index (χ4v) is 4.15. The molecule has 1 amide bonds. The van der Waals surface area contributed by atoms with Gasteiger partial charge in [-0.2, -0.15) is 0 Å². The van der Waals surface area contributed by atoms with Crippen molar-refractivity contribution in [2.75, 3.05) is 0 Å². The van der Waals surface area contributed by atoms with Gasteiger partial charge in [0.1, 0.15) is 11.8 Å². The van der Waals surface area contributed by atoms with Crippen molar-refractivity contribution in [3.63, 3.8) is 0 Å². The van der Waals surface area contributed by atoms with Crippen LogP contribution >= 0.6 is 11.3 Å². The van der Waals surface area contributed by atoms with Gasteiger partial charge in [0, 0.05) is 30.0 Å². The largest absolute Gasteiger partial charge is 0.481 e. The van der Waals surface area contributed by atoms with Crippen molar-refractivity contribution in [3.8, 4) is 5.06 Å². The van der Waals surface area contributed by atoms with Crippen molar-refractivity contribution < 1.29 is 9.53 Å². The van der Waals surface area contributed by atoms with Crippen molar-refractivity contribution in [3.05, 3.63) is 52.8 Å². The number of rotatable bonds is 4. The standard InChI is InChI=1S/C19H21N3O2S/c1-12-10-13(2)22-8-7-16(18(22)20-12)19(23)21-14-5-6-15(11-14)24-17-4-3-9-25-17/h3-4,7-10,14-15H,5-6,11H2,1-2H3,(H,21,23). The monoisotopic (exact) mass is 355 g/mol. The highest BCUT2D eigenvalue weighted by atomic mass is 32.1. The molecule has 0 spiro atoms. The third-order valence-electron chi connectivity index (χ3n) is 4.68. The molecule has 2 atom stereocenters. The molecule has 1 aliphatic rings. The first-order valence-electron chi connectivity index (χ1n) is 8.56. The van der Waals surface area contributed by atoms with Crippen LogP contribution in [-0.2, 0) is 0 Å². The lowest BCUT2D eigenvalue weighted by Gasteiger charge is -2.14. The SMILES string of the molecule is Cc1cc(C)n2ccc(C(=O)NC3CCC(Oc4cccs4)C3)c2n1. The van der Waals surface area contributed by atoms with Crippen molar-refractivity contribution in [1.82, 2.24) is 14.7 Å². The van der Waals surface area contributed by atoms with E-state index in [9.17, 15) is 4.79 Å². The number of amides is 1. The summed E-state index contributed by atoms with van der Waals surface area (Å²) in [6.45, 7) is 3.97. The van der Waals surface area contributed by atoms with Crippen LogP contribution in [0, 0.1) is 13.8 Å². The number of aryl methyl sites for hydroxylation is 2. The third kappa shape index (κ3) is 3.26. The summed E-state index contributed by atoms with van der Waals surface area (Å²) in [6, 6.07) is 7.99. The average Bonchev–Trinajstić information content (AvgIpc) is 3.28. The molecule has 1 fully saturated rings. The quantitative estimate of drug-likeness (QED) is 0.776. The van der Waals surface area contributed by atoms with Crippen molar-refractivity contribution in [2.45, 2.75) is 45.3 Å². The maximum atomic E-state index is 12.7. The van der Waals surface area contributed by atoms with Gasteiger partial charge in [-0.25, -0.2) is 4.98 Å². The van der Waals surface area contributed by atoms with Gasteiger partial charge in [0.15, 0.2) is 5.06 Å². The van der Waals surface area contributed by atoms with Crippen LogP contribution in [0.5, 0.6) is 5.06 Å². The highest BCUT2D eigenvalue weighted by Crippen LogP contribution is 2.28. The second-order valence-electron chi connectivity index (χ2n) is 6.62. The Labute approximate surface area is 150 Å². The van der Waals surface area contributed by atoms with Gasteiger partial charge in [0.25, 0.3) is 5.91 Å². The second kappa shape index (κ2) is 6.52. The van der Waals surface area contributed by atoms with Crippen LogP contribution < -0.4 is 10.1 Å². The van der Waals surface area contributed by atoms with E-state index in [0.29, 0.717) is 5.56 Å². The number of hydrogen-bond donors (Lipinski definition) is 1. The van der Waals surface area contributed by atoms with E-state index in [-0.39, 0.29) is 18.1 Å². The van der Waals surface area contributed by atoms with Gasteiger partial charge in [0.05, 0.1) is 5.56 Å². The van der Waals surface area contributed by atoms with Crippen LogP contribution in [0.4, 0.5) is 0 Å². The van der Waals surface area contributed by atoms with Gasteiger partial charge >= 0.3 is 0 Å². The van der Waals surface area contributed by atoms with Gasteiger partial charge in [-0.05, 0) is 56.3 Å². The fraction of sp³-hybridized carbons (Fsp3) is 0.368. The molecule has 1 aliphatic carbocycles. The summed E-state index contributed by atoms with van der Waals surface area (Å²) in [6.07, 6.45) is 4.84. The lowest BCUT2D eigenvalue weighted by atomic mass is 10.2. The van der Waals surface area contributed by atoms with Crippen LogP contribution in [0.3, 0.4) is 0 Å². The summed E-state index contributed by atoms with van der Waals surface area (Å²) in [5.41, 5.74) is 3.35. The smallest absolute Gasteiger partial charge is 0.255 e. The minimum Gasteiger partial charge on any atom is -0.481 e. The van der Waals surface area contributed by atoms with E-state index in [1.54, 1.807) is 11.3 Å². The molecule has 0 bridgehead atoms. The first kappa shape index (κ1) is 16.1. The van der Waals surface area contributed by atoms with Gasteiger partial charge < -0.3 is 14.5 Å². The van der Waals surface area contributed by atoms with E-state index >= 15 is 0 Å². The first-order valence-corrected chi connectivity index (χ1v) is 9.44. The van der Waals surface area contributed by atoms with E-state index in [1.807, 2.05) is 54.1 Å². The number of aromatic nitrogens is 2. The predicted molar refractivity (Wildman–Crippen MR) is 98.5 cm³/mol. The number of ether oxygens (including phenoxy) is 1. The Kier molecular flexibility index (Phi) is 4.21. The Morgan fingerprint density at radius 2 is 2.24 bits per heavy atom. The molecule has 0 saturated heterocycles. The fourth-order valence-electron chi connectivity index (χ4n) is 3.51. The predicted octanol–water partition coefficient (Wildman–Crippen LogP) is 3.74. The average molecular weight is 355 g/mol. The molecule has 3 heterocycles. The van der Waals surface area contributed by atoms with Crippen molar-refractivity contribution >= 4 is 22.9 Å². The van der Waals surface area contributed by atoms with E-state index in [0.717, 1.165) is 41.4 Å². The van der Waals surface area contributed by atoms with Crippen LogP contribution in [0.1, 0.15) is 41.0 Å².